The van der Waals surface area contributed by atoms with Gasteiger partial charge in [-0.05, 0) is 48.9 Å². The topological polar surface area (TPSA) is 61.7 Å². The van der Waals surface area contributed by atoms with E-state index in [9.17, 15) is 0 Å². The van der Waals surface area contributed by atoms with Crippen molar-refractivity contribution in [3.05, 3.63) is 75.4 Å². The van der Waals surface area contributed by atoms with Crippen molar-refractivity contribution in [1.82, 2.24) is 4.98 Å². The van der Waals surface area contributed by atoms with Gasteiger partial charge in [-0.1, -0.05) is 41.0 Å². The van der Waals surface area contributed by atoms with Crippen LogP contribution in [0.3, 0.4) is 0 Å². The first-order valence-electron chi connectivity index (χ1n) is 6.84. The zero-order valence-corrected chi connectivity index (χ0v) is 11.5. The highest BCUT2D eigenvalue weighted by Gasteiger charge is 2.38. The fraction of sp³-hybridized carbons (Fsp3) is 0.312. The van der Waals surface area contributed by atoms with E-state index >= 15 is 0 Å². The molecule has 0 aliphatic heterocycles. The number of aryl methyl sites for hydroxylation is 2. The summed E-state index contributed by atoms with van der Waals surface area (Å²) in [6.07, 6.45) is 4.59. The average molecular weight is 264 g/mol. The maximum absolute atomic E-state index is 9.06. The third kappa shape index (κ3) is 1.95. The molecule has 1 heterocycles. The van der Waals surface area contributed by atoms with Gasteiger partial charge in [0.1, 0.15) is 5.54 Å². The van der Waals surface area contributed by atoms with Crippen LogP contribution in [0.25, 0.3) is 10.4 Å². The molecular formula is C16H16N4. The van der Waals surface area contributed by atoms with Gasteiger partial charge in [-0.3, -0.25) is 4.98 Å². The lowest BCUT2D eigenvalue weighted by molar-refractivity contribution is 0.427. The molecule has 20 heavy (non-hydrogen) atoms. The second-order valence-corrected chi connectivity index (χ2v) is 5.28. The van der Waals surface area contributed by atoms with Crippen LogP contribution in [0, 0.1) is 6.92 Å². The van der Waals surface area contributed by atoms with Gasteiger partial charge in [0, 0.05) is 11.1 Å². The zero-order valence-electron chi connectivity index (χ0n) is 11.5. The van der Waals surface area contributed by atoms with E-state index < -0.39 is 5.54 Å². The largest absolute Gasteiger partial charge is 0.260 e. The first kappa shape index (κ1) is 12.7. The molecule has 1 aliphatic rings. The van der Waals surface area contributed by atoms with Crippen LogP contribution in [-0.2, 0) is 12.0 Å². The summed E-state index contributed by atoms with van der Waals surface area (Å²) in [4.78, 5) is 7.64. The monoisotopic (exact) mass is 264 g/mol. The molecule has 0 saturated carbocycles. The molecule has 1 aromatic carbocycles. The van der Waals surface area contributed by atoms with Crippen LogP contribution in [0.15, 0.2) is 47.7 Å². The van der Waals surface area contributed by atoms with Crippen LogP contribution in [0.4, 0.5) is 0 Å². The molecule has 1 aromatic heterocycles. The SMILES string of the molecule is Cc1ccc(C2(N=[N+]=[N-])CCCc3cccnc32)cc1. The maximum atomic E-state index is 9.06. The average Bonchev–Trinajstić information content (AvgIpc) is 2.48. The predicted octanol–water partition coefficient (Wildman–Crippen LogP) is 4.28. The lowest BCUT2D eigenvalue weighted by Crippen LogP contribution is -2.31. The van der Waals surface area contributed by atoms with E-state index in [1.165, 1.54) is 11.1 Å². The summed E-state index contributed by atoms with van der Waals surface area (Å²) in [7, 11) is 0. The number of benzene rings is 1. The zero-order chi connectivity index (χ0) is 14.0. The van der Waals surface area contributed by atoms with Crippen molar-refractivity contribution in [2.24, 2.45) is 5.11 Å². The second kappa shape index (κ2) is 4.99. The van der Waals surface area contributed by atoms with Crippen LogP contribution >= 0.6 is 0 Å². The van der Waals surface area contributed by atoms with Gasteiger partial charge >= 0.3 is 0 Å². The number of pyridine rings is 1. The van der Waals surface area contributed by atoms with Crippen molar-refractivity contribution < 1.29 is 0 Å². The summed E-state index contributed by atoms with van der Waals surface area (Å²) in [6.45, 7) is 2.05. The molecule has 4 nitrogen and oxygen atoms in total. The summed E-state index contributed by atoms with van der Waals surface area (Å²) < 4.78 is 0. The Labute approximate surface area is 118 Å². The molecule has 1 aliphatic carbocycles. The standard InChI is InChI=1S/C16H16N4/c1-12-6-8-14(9-7-12)16(19-20-17)10-2-4-13-5-3-11-18-15(13)16/h3,5-9,11H,2,4,10H2,1H3. The van der Waals surface area contributed by atoms with Crippen LogP contribution < -0.4 is 0 Å². The van der Waals surface area contributed by atoms with Crippen molar-refractivity contribution in [3.63, 3.8) is 0 Å². The Kier molecular flexibility index (Phi) is 3.17. The quantitative estimate of drug-likeness (QED) is 0.453. The third-order valence-corrected chi connectivity index (χ3v) is 4.01. The van der Waals surface area contributed by atoms with Crippen molar-refractivity contribution in [2.75, 3.05) is 0 Å². The Morgan fingerprint density at radius 2 is 2.05 bits per heavy atom. The first-order valence-corrected chi connectivity index (χ1v) is 6.84. The van der Waals surface area contributed by atoms with Crippen LogP contribution in [-0.4, -0.2) is 4.98 Å². The van der Waals surface area contributed by atoms with Crippen molar-refractivity contribution in [1.29, 1.82) is 0 Å². The van der Waals surface area contributed by atoms with E-state index in [0.29, 0.717) is 0 Å². The molecule has 3 rings (SSSR count). The fourth-order valence-electron chi connectivity index (χ4n) is 3.01. The normalized spacial score (nSPS) is 20.9. The van der Waals surface area contributed by atoms with E-state index in [1.807, 2.05) is 18.2 Å². The molecule has 2 aromatic rings. The van der Waals surface area contributed by atoms with Crippen molar-refractivity contribution >= 4 is 0 Å². The smallest absolute Gasteiger partial charge is 0.116 e. The van der Waals surface area contributed by atoms with Crippen LogP contribution in [0.5, 0.6) is 0 Å². The van der Waals surface area contributed by atoms with E-state index in [4.69, 9.17) is 5.53 Å². The Morgan fingerprint density at radius 3 is 2.80 bits per heavy atom. The number of nitrogens with zero attached hydrogens (tertiary/aromatic N) is 4. The molecule has 0 amide bonds. The minimum Gasteiger partial charge on any atom is -0.260 e. The number of rotatable bonds is 2. The lowest BCUT2D eigenvalue weighted by atomic mass is 9.76. The molecule has 0 radical (unpaired) electrons. The van der Waals surface area contributed by atoms with E-state index in [1.54, 1.807) is 6.20 Å². The fourth-order valence-corrected chi connectivity index (χ4v) is 3.01. The number of hydrogen-bond acceptors (Lipinski definition) is 2. The molecule has 100 valence electrons. The Morgan fingerprint density at radius 1 is 1.25 bits per heavy atom. The van der Waals surface area contributed by atoms with E-state index in [-0.39, 0.29) is 0 Å². The van der Waals surface area contributed by atoms with Gasteiger partial charge < -0.3 is 0 Å². The van der Waals surface area contributed by atoms with Gasteiger partial charge in [-0.25, -0.2) is 0 Å². The van der Waals surface area contributed by atoms with E-state index in [2.05, 4.69) is 40.1 Å². The molecule has 0 bridgehead atoms. The second-order valence-electron chi connectivity index (χ2n) is 5.28. The molecule has 0 N–H and O–H groups in total. The number of aromatic nitrogens is 1. The predicted molar refractivity (Wildman–Crippen MR) is 78.3 cm³/mol. The van der Waals surface area contributed by atoms with Gasteiger partial charge in [0.05, 0.1) is 5.69 Å². The summed E-state index contributed by atoms with van der Waals surface area (Å²) in [6, 6.07) is 12.2. The van der Waals surface area contributed by atoms with Crippen LogP contribution in [0.1, 0.15) is 35.2 Å². The minimum atomic E-state index is -0.655. The Balaban J connectivity index is 2.24. The van der Waals surface area contributed by atoms with Gasteiger partial charge in [-0.15, -0.1) is 0 Å². The number of azide groups is 1. The molecule has 1 unspecified atom stereocenters. The summed E-state index contributed by atoms with van der Waals surface area (Å²) in [5.41, 5.74) is 12.7. The Hall–Kier alpha value is -2.32. The molecule has 0 saturated heterocycles. The van der Waals surface area contributed by atoms with Gasteiger partial charge in [-0.2, -0.15) is 0 Å². The number of fused-ring (bicyclic) bond motifs is 1. The number of hydrogen-bond donors (Lipinski definition) is 0. The van der Waals surface area contributed by atoms with Gasteiger partial charge in [0.25, 0.3) is 0 Å². The maximum Gasteiger partial charge on any atom is 0.116 e. The van der Waals surface area contributed by atoms with Crippen LogP contribution in [0.2, 0.25) is 0 Å². The molecule has 0 spiro atoms. The molecule has 0 fully saturated rings. The summed E-state index contributed by atoms with van der Waals surface area (Å²) >= 11 is 0. The Bertz CT molecular complexity index is 671. The molecular weight excluding hydrogens is 248 g/mol. The highest BCUT2D eigenvalue weighted by atomic mass is 15.2. The molecule has 1 atom stereocenters. The van der Waals surface area contributed by atoms with E-state index in [0.717, 1.165) is 30.5 Å². The highest BCUT2D eigenvalue weighted by molar-refractivity contribution is 5.42. The lowest BCUT2D eigenvalue weighted by Gasteiger charge is -2.34. The first-order chi connectivity index (χ1) is 9.76. The minimum absolute atomic E-state index is 0.655. The van der Waals surface area contributed by atoms with Gasteiger partial charge in [0.2, 0.25) is 0 Å². The third-order valence-electron chi connectivity index (χ3n) is 4.01. The summed E-state index contributed by atoms with van der Waals surface area (Å²) in [5, 5.41) is 4.17. The van der Waals surface area contributed by atoms with Crippen molar-refractivity contribution in [3.8, 4) is 0 Å². The highest BCUT2D eigenvalue weighted by Crippen LogP contribution is 2.42. The molecule has 4 heteroatoms. The summed E-state index contributed by atoms with van der Waals surface area (Å²) in [5.74, 6) is 0. The van der Waals surface area contributed by atoms with Gasteiger partial charge in [0.15, 0.2) is 0 Å². The van der Waals surface area contributed by atoms with Crippen molar-refractivity contribution in [2.45, 2.75) is 31.7 Å².